The second kappa shape index (κ2) is 16.2. The van der Waals surface area contributed by atoms with Crippen LogP contribution in [0.3, 0.4) is 0 Å². The summed E-state index contributed by atoms with van der Waals surface area (Å²) in [7, 11) is 0. The van der Waals surface area contributed by atoms with Gasteiger partial charge in [-0.05, 0) is 86.3 Å². The molecule has 1 aliphatic rings. The molecule has 6 heteroatoms. The molecular formula is C34H41Cl2NO3. The van der Waals surface area contributed by atoms with Crippen LogP contribution in [0.15, 0.2) is 72.8 Å². The van der Waals surface area contributed by atoms with E-state index in [-0.39, 0.29) is 11.9 Å². The summed E-state index contributed by atoms with van der Waals surface area (Å²) < 4.78 is 12.5. The summed E-state index contributed by atoms with van der Waals surface area (Å²) in [4.78, 5) is 15.4. The molecule has 40 heavy (non-hydrogen) atoms. The van der Waals surface area contributed by atoms with Gasteiger partial charge in [0.15, 0.2) is 5.78 Å². The first kappa shape index (κ1) is 30.6. The van der Waals surface area contributed by atoms with Crippen molar-refractivity contribution < 1.29 is 14.3 Å². The Morgan fingerprint density at radius 3 is 2.40 bits per heavy atom. The molecule has 1 aliphatic heterocycles. The highest BCUT2D eigenvalue weighted by molar-refractivity contribution is 6.35. The van der Waals surface area contributed by atoms with Crippen molar-refractivity contribution in [2.75, 3.05) is 26.2 Å². The van der Waals surface area contributed by atoms with E-state index in [0.717, 1.165) is 38.9 Å². The maximum absolute atomic E-state index is 12.8. The number of nitrogens with zero attached hydrogens (tertiary/aromatic N) is 1. The van der Waals surface area contributed by atoms with E-state index in [1.807, 2.05) is 12.1 Å². The largest absolute Gasteiger partial charge is 0.493 e. The van der Waals surface area contributed by atoms with Gasteiger partial charge < -0.3 is 14.4 Å². The number of piperidine rings is 1. The van der Waals surface area contributed by atoms with Crippen LogP contribution in [0.5, 0.6) is 5.75 Å². The predicted octanol–water partition coefficient (Wildman–Crippen LogP) is 8.87. The van der Waals surface area contributed by atoms with E-state index < -0.39 is 0 Å². The van der Waals surface area contributed by atoms with E-state index in [1.165, 1.54) is 31.2 Å². The second-order valence-corrected chi connectivity index (χ2v) is 11.6. The average Bonchev–Trinajstić information content (AvgIpc) is 2.98. The normalized spacial score (nSPS) is 15.2. The SMILES string of the molecule is CCCCCC[C@H](CN1CCC(COc2ccc(C(=O)c3ccc(Cl)cc3)c(Cl)c2)CC1)OCc1ccccc1. The number of hydrogen-bond acceptors (Lipinski definition) is 4. The smallest absolute Gasteiger partial charge is 0.194 e. The van der Waals surface area contributed by atoms with Gasteiger partial charge in [0.2, 0.25) is 0 Å². The molecule has 0 amide bonds. The second-order valence-electron chi connectivity index (χ2n) is 10.8. The van der Waals surface area contributed by atoms with E-state index in [4.69, 9.17) is 32.7 Å². The Hall–Kier alpha value is -2.37. The molecule has 4 rings (SSSR count). The topological polar surface area (TPSA) is 38.8 Å². The number of hydrogen-bond donors (Lipinski definition) is 0. The van der Waals surface area contributed by atoms with E-state index in [0.29, 0.717) is 46.1 Å². The fourth-order valence-corrected chi connectivity index (χ4v) is 5.56. The molecule has 1 heterocycles. The number of halogens is 2. The average molecular weight is 583 g/mol. The molecule has 0 unspecified atom stereocenters. The molecule has 1 atom stereocenters. The van der Waals surface area contributed by atoms with Crippen molar-refractivity contribution in [3.05, 3.63) is 99.5 Å². The van der Waals surface area contributed by atoms with Gasteiger partial charge in [0.1, 0.15) is 5.75 Å². The molecule has 0 radical (unpaired) electrons. The predicted molar refractivity (Wildman–Crippen MR) is 165 cm³/mol. The van der Waals surface area contributed by atoms with Gasteiger partial charge in [-0.3, -0.25) is 4.79 Å². The van der Waals surface area contributed by atoms with Gasteiger partial charge in [0.05, 0.1) is 24.3 Å². The number of benzene rings is 3. The first-order chi connectivity index (χ1) is 19.5. The Labute approximate surface area is 249 Å². The van der Waals surface area contributed by atoms with Crippen molar-refractivity contribution in [1.29, 1.82) is 0 Å². The number of carbonyl (C=O) groups excluding carboxylic acids is 1. The number of ketones is 1. The summed E-state index contributed by atoms with van der Waals surface area (Å²) in [6.07, 6.45) is 8.64. The zero-order valence-electron chi connectivity index (χ0n) is 23.5. The van der Waals surface area contributed by atoms with Gasteiger partial charge in [-0.15, -0.1) is 0 Å². The van der Waals surface area contributed by atoms with Crippen LogP contribution in [0.25, 0.3) is 0 Å². The molecule has 0 aromatic heterocycles. The summed E-state index contributed by atoms with van der Waals surface area (Å²) in [5.41, 5.74) is 2.25. The van der Waals surface area contributed by atoms with Crippen LogP contribution in [0.2, 0.25) is 10.0 Å². The maximum Gasteiger partial charge on any atom is 0.194 e. The fraction of sp³-hybridized carbons (Fsp3) is 0.441. The number of ether oxygens (including phenoxy) is 2. The molecule has 0 N–H and O–H groups in total. The fourth-order valence-electron chi connectivity index (χ4n) is 5.18. The molecule has 0 saturated carbocycles. The summed E-state index contributed by atoms with van der Waals surface area (Å²) in [5.74, 6) is 1.07. The van der Waals surface area contributed by atoms with Crippen molar-refractivity contribution >= 4 is 29.0 Å². The molecule has 1 fully saturated rings. The first-order valence-electron chi connectivity index (χ1n) is 14.6. The summed E-state index contributed by atoms with van der Waals surface area (Å²) in [6.45, 7) is 6.69. The molecule has 4 nitrogen and oxygen atoms in total. The lowest BCUT2D eigenvalue weighted by Crippen LogP contribution is -2.40. The molecule has 0 bridgehead atoms. The molecule has 0 spiro atoms. The Bertz CT molecular complexity index is 1180. The quantitative estimate of drug-likeness (QED) is 0.133. The van der Waals surface area contributed by atoms with Gasteiger partial charge in [-0.1, -0.05) is 86.1 Å². The van der Waals surface area contributed by atoms with Crippen LogP contribution in [0, 0.1) is 5.92 Å². The zero-order chi connectivity index (χ0) is 28.2. The minimum atomic E-state index is -0.128. The maximum atomic E-state index is 12.8. The Kier molecular flexibility index (Phi) is 12.4. The van der Waals surface area contributed by atoms with Crippen LogP contribution in [-0.2, 0) is 11.3 Å². The summed E-state index contributed by atoms with van der Waals surface area (Å²) >= 11 is 12.4. The highest BCUT2D eigenvalue weighted by atomic mass is 35.5. The summed E-state index contributed by atoms with van der Waals surface area (Å²) in [6, 6.07) is 22.6. The van der Waals surface area contributed by atoms with E-state index in [2.05, 4.69) is 36.1 Å². The van der Waals surface area contributed by atoms with Crippen LogP contribution in [0.4, 0.5) is 0 Å². The third kappa shape index (κ3) is 9.62. The lowest BCUT2D eigenvalue weighted by atomic mass is 9.97. The molecule has 0 aliphatic carbocycles. The van der Waals surface area contributed by atoms with Gasteiger partial charge in [-0.25, -0.2) is 0 Å². The van der Waals surface area contributed by atoms with Crippen molar-refractivity contribution in [3.8, 4) is 5.75 Å². The van der Waals surface area contributed by atoms with E-state index in [9.17, 15) is 4.79 Å². The Morgan fingerprint density at radius 1 is 0.950 bits per heavy atom. The van der Waals surface area contributed by atoms with Gasteiger partial charge >= 0.3 is 0 Å². The standard InChI is InChI=1S/C34H41Cl2NO3/c1-2-3-4-8-11-31(40-24-26-9-6-5-7-10-26)23-37-20-18-27(19-21-37)25-39-30-16-17-32(33(36)22-30)34(38)28-12-14-29(35)15-13-28/h5-7,9-10,12-17,22,27,31H,2-4,8,11,18-21,23-25H2,1H3/t31-/m1/s1. The minimum Gasteiger partial charge on any atom is -0.493 e. The number of carbonyl (C=O) groups is 1. The molecule has 214 valence electrons. The monoisotopic (exact) mass is 581 g/mol. The summed E-state index contributed by atoms with van der Waals surface area (Å²) in [5, 5.41) is 0.989. The van der Waals surface area contributed by atoms with Gasteiger partial charge in [0.25, 0.3) is 0 Å². The molecule has 1 saturated heterocycles. The van der Waals surface area contributed by atoms with Crippen LogP contribution in [-0.4, -0.2) is 43.0 Å². The van der Waals surface area contributed by atoms with E-state index in [1.54, 1.807) is 36.4 Å². The van der Waals surface area contributed by atoms with Crippen LogP contribution in [0.1, 0.15) is 73.4 Å². The Balaban J connectivity index is 1.22. The third-order valence-corrected chi connectivity index (χ3v) is 8.22. The molecule has 3 aromatic carbocycles. The number of likely N-dealkylation sites (tertiary alicyclic amines) is 1. The highest BCUT2D eigenvalue weighted by Gasteiger charge is 2.23. The minimum absolute atomic E-state index is 0.128. The highest BCUT2D eigenvalue weighted by Crippen LogP contribution is 2.27. The van der Waals surface area contributed by atoms with Gasteiger partial charge in [-0.2, -0.15) is 0 Å². The van der Waals surface area contributed by atoms with E-state index >= 15 is 0 Å². The lowest BCUT2D eigenvalue weighted by Gasteiger charge is -2.34. The number of unbranched alkanes of at least 4 members (excludes halogenated alkanes) is 3. The van der Waals surface area contributed by atoms with Crippen molar-refractivity contribution in [3.63, 3.8) is 0 Å². The zero-order valence-corrected chi connectivity index (χ0v) is 25.0. The molecular weight excluding hydrogens is 541 g/mol. The van der Waals surface area contributed by atoms with Crippen molar-refractivity contribution in [2.45, 2.75) is 64.6 Å². The number of rotatable bonds is 15. The van der Waals surface area contributed by atoms with Crippen LogP contribution < -0.4 is 4.74 Å². The molecule has 3 aromatic rings. The Morgan fingerprint density at radius 2 is 1.70 bits per heavy atom. The van der Waals surface area contributed by atoms with Crippen molar-refractivity contribution in [1.82, 2.24) is 4.90 Å². The lowest BCUT2D eigenvalue weighted by molar-refractivity contribution is 0.000484. The van der Waals surface area contributed by atoms with Crippen LogP contribution >= 0.6 is 23.2 Å². The first-order valence-corrected chi connectivity index (χ1v) is 15.4. The van der Waals surface area contributed by atoms with Crippen molar-refractivity contribution in [2.24, 2.45) is 5.92 Å². The third-order valence-electron chi connectivity index (χ3n) is 7.65. The van der Waals surface area contributed by atoms with Gasteiger partial charge in [0, 0.05) is 22.7 Å².